The van der Waals surface area contributed by atoms with Crippen molar-refractivity contribution in [2.75, 3.05) is 0 Å². The minimum absolute atomic E-state index is 0.00991. The van der Waals surface area contributed by atoms with Gasteiger partial charge in [0.25, 0.3) is 0 Å². The number of thiophene rings is 1. The summed E-state index contributed by atoms with van der Waals surface area (Å²) in [5, 5.41) is 2.16. The van der Waals surface area contributed by atoms with Gasteiger partial charge in [0, 0.05) is 5.41 Å². The van der Waals surface area contributed by atoms with Crippen LogP contribution >= 0.6 is 11.3 Å². The van der Waals surface area contributed by atoms with Crippen LogP contribution in [-0.4, -0.2) is 21.2 Å². The van der Waals surface area contributed by atoms with Crippen LogP contribution in [0, 0.1) is 6.92 Å². The first-order valence-corrected chi connectivity index (χ1v) is 9.11. The number of rotatable bonds is 1. The van der Waals surface area contributed by atoms with Crippen molar-refractivity contribution in [3.05, 3.63) is 57.5 Å². The Kier molecular flexibility index (Phi) is 3.20. The predicted molar refractivity (Wildman–Crippen MR) is 101 cm³/mol. The standard InChI is InChI=1S/C20H21N3S/c1-12-16(22-15-9-7-6-8-14(15)21-12)17-18-13(10-11-24-18)19(2,3)20(4,5)23-17/h6-11H,1-5H3. The summed E-state index contributed by atoms with van der Waals surface area (Å²) in [4.78, 5) is 16.0. The molecule has 3 nitrogen and oxygen atoms in total. The van der Waals surface area contributed by atoms with E-state index >= 15 is 0 Å². The van der Waals surface area contributed by atoms with E-state index in [9.17, 15) is 0 Å². The van der Waals surface area contributed by atoms with Crippen molar-refractivity contribution in [2.45, 2.75) is 45.6 Å². The molecule has 0 amide bonds. The quantitative estimate of drug-likeness (QED) is 0.634. The number of benzene rings is 1. The molecular weight excluding hydrogens is 314 g/mol. The molecule has 0 fully saturated rings. The van der Waals surface area contributed by atoms with Gasteiger partial charge in [-0.1, -0.05) is 26.0 Å². The van der Waals surface area contributed by atoms with E-state index in [0.29, 0.717) is 0 Å². The lowest BCUT2D eigenvalue weighted by Gasteiger charge is -2.43. The summed E-state index contributed by atoms with van der Waals surface area (Å²) in [5.74, 6) is 0. The Hall–Kier alpha value is -2.07. The number of aromatic nitrogens is 2. The maximum Gasteiger partial charge on any atom is 0.112 e. The Labute approximate surface area is 146 Å². The summed E-state index contributed by atoms with van der Waals surface area (Å²) in [6.07, 6.45) is 0. The molecule has 0 unspecified atom stereocenters. The lowest BCUT2D eigenvalue weighted by molar-refractivity contribution is 0.305. The normalized spacial score (nSPS) is 18.3. The van der Waals surface area contributed by atoms with Gasteiger partial charge < -0.3 is 0 Å². The number of aryl methyl sites for hydroxylation is 1. The minimum atomic E-state index is -0.198. The number of para-hydroxylation sites is 2. The van der Waals surface area contributed by atoms with E-state index in [1.165, 1.54) is 10.4 Å². The van der Waals surface area contributed by atoms with Gasteiger partial charge in [-0.05, 0) is 49.9 Å². The van der Waals surface area contributed by atoms with Crippen LogP contribution in [0.5, 0.6) is 0 Å². The first kappa shape index (κ1) is 15.5. The summed E-state index contributed by atoms with van der Waals surface area (Å²) in [6, 6.07) is 10.3. The molecule has 3 aromatic rings. The van der Waals surface area contributed by atoms with E-state index in [4.69, 9.17) is 15.0 Å². The highest BCUT2D eigenvalue weighted by atomic mass is 32.1. The molecule has 3 heterocycles. The van der Waals surface area contributed by atoms with Crippen molar-refractivity contribution in [3.63, 3.8) is 0 Å². The smallest absolute Gasteiger partial charge is 0.112 e. The summed E-state index contributed by atoms with van der Waals surface area (Å²) in [5.41, 5.74) is 5.82. The number of hydrogen-bond acceptors (Lipinski definition) is 4. The summed E-state index contributed by atoms with van der Waals surface area (Å²) in [7, 11) is 0. The van der Waals surface area contributed by atoms with Gasteiger partial charge >= 0.3 is 0 Å². The highest BCUT2D eigenvalue weighted by Gasteiger charge is 2.45. The van der Waals surface area contributed by atoms with Crippen LogP contribution in [0.4, 0.5) is 0 Å². The second-order valence-electron chi connectivity index (χ2n) is 7.45. The molecule has 24 heavy (non-hydrogen) atoms. The predicted octanol–water partition coefficient (Wildman–Crippen LogP) is 4.91. The van der Waals surface area contributed by atoms with Gasteiger partial charge in [0.1, 0.15) is 11.4 Å². The molecule has 4 rings (SSSR count). The van der Waals surface area contributed by atoms with Crippen LogP contribution in [0.1, 0.15) is 49.5 Å². The zero-order valence-corrected chi connectivity index (χ0v) is 15.5. The van der Waals surface area contributed by atoms with Gasteiger partial charge in [-0.25, -0.2) is 9.97 Å². The Morgan fingerprint density at radius 1 is 0.917 bits per heavy atom. The molecule has 2 aromatic heterocycles. The third-order valence-corrected chi connectivity index (χ3v) is 6.36. The second kappa shape index (κ2) is 4.96. The number of nitrogens with zero attached hydrogens (tertiary/aromatic N) is 3. The molecule has 0 spiro atoms. The third kappa shape index (κ3) is 2.06. The second-order valence-corrected chi connectivity index (χ2v) is 8.37. The molecule has 0 atom stereocenters. The lowest BCUT2D eigenvalue weighted by atomic mass is 9.68. The Morgan fingerprint density at radius 2 is 1.58 bits per heavy atom. The van der Waals surface area contributed by atoms with Gasteiger partial charge in [0.05, 0.1) is 27.1 Å². The van der Waals surface area contributed by atoms with Crippen molar-refractivity contribution >= 4 is 28.1 Å². The Bertz CT molecular complexity index is 979. The summed E-state index contributed by atoms with van der Waals surface area (Å²) in [6.45, 7) is 11.0. The van der Waals surface area contributed by atoms with Crippen LogP contribution in [0.3, 0.4) is 0 Å². The zero-order chi connectivity index (χ0) is 17.1. The molecule has 0 radical (unpaired) electrons. The van der Waals surface area contributed by atoms with Gasteiger partial charge in [-0.2, -0.15) is 0 Å². The molecule has 0 saturated heterocycles. The molecule has 0 N–H and O–H groups in total. The zero-order valence-electron chi connectivity index (χ0n) is 14.7. The SMILES string of the molecule is Cc1nc2ccccc2nc1C1=NC(C)(C)C(C)(C)c2ccsc21. The molecular formula is C20H21N3S. The average molecular weight is 335 g/mol. The van der Waals surface area contributed by atoms with Crippen molar-refractivity contribution < 1.29 is 0 Å². The van der Waals surface area contributed by atoms with E-state index in [1.807, 2.05) is 31.2 Å². The van der Waals surface area contributed by atoms with E-state index in [1.54, 1.807) is 11.3 Å². The molecule has 0 saturated carbocycles. The molecule has 0 aliphatic carbocycles. The van der Waals surface area contributed by atoms with Crippen LogP contribution in [0.15, 0.2) is 40.7 Å². The molecule has 122 valence electrons. The summed E-state index contributed by atoms with van der Waals surface area (Å²) < 4.78 is 0. The van der Waals surface area contributed by atoms with Gasteiger partial charge in [-0.3, -0.25) is 4.99 Å². The molecule has 1 aliphatic heterocycles. The first-order chi connectivity index (χ1) is 11.3. The molecule has 1 aliphatic rings. The van der Waals surface area contributed by atoms with Crippen LogP contribution in [0.2, 0.25) is 0 Å². The van der Waals surface area contributed by atoms with Crippen molar-refractivity contribution in [2.24, 2.45) is 4.99 Å². The fourth-order valence-corrected chi connectivity index (χ4v) is 4.30. The van der Waals surface area contributed by atoms with E-state index in [-0.39, 0.29) is 11.0 Å². The van der Waals surface area contributed by atoms with Crippen molar-refractivity contribution in [1.29, 1.82) is 0 Å². The lowest BCUT2D eigenvalue weighted by Crippen LogP contribution is -2.45. The van der Waals surface area contributed by atoms with Crippen molar-refractivity contribution in [3.8, 4) is 0 Å². The Balaban J connectivity index is 2.00. The summed E-state index contributed by atoms with van der Waals surface area (Å²) >= 11 is 1.75. The number of aliphatic imine (C=N–C) groups is 1. The highest BCUT2D eigenvalue weighted by Crippen LogP contribution is 2.45. The van der Waals surface area contributed by atoms with Gasteiger partial charge in [0.2, 0.25) is 0 Å². The van der Waals surface area contributed by atoms with Crippen LogP contribution < -0.4 is 0 Å². The monoisotopic (exact) mass is 335 g/mol. The fraction of sp³-hybridized carbons (Fsp3) is 0.350. The Morgan fingerprint density at radius 3 is 2.29 bits per heavy atom. The molecule has 0 bridgehead atoms. The molecule has 1 aromatic carbocycles. The average Bonchev–Trinajstić information content (AvgIpc) is 3.01. The van der Waals surface area contributed by atoms with Gasteiger partial charge in [-0.15, -0.1) is 11.3 Å². The molecule has 4 heteroatoms. The first-order valence-electron chi connectivity index (χ1n) is 8.23. The largest absolute Gasteiger partial charge is 0.275 e. The maximum atomic E-state index is 5.14. The highest BCUT2D eigenvalue weighted by molar-refractivity contribution is 7.12. The van der Waals surface area contributed by atoms with E-state index in [0.717, 1.165) is 28.1 Å². The maximum absolute atomic E-state index is 5.14. The minimum Gasteiger partial charge on any atom is -0.275 e. The topological polar surface area (TPSA) is 38.1 Å². The van der Waals surface area contributed by atoms with E-state index in [2.05, 4.69) is 39.1 Å². The van der Waals surface area contributed by atoms with Crippen LogP contribution in [-0.2, 0) is 5.41 Å². The number of fused-ring (bicyclic) bond motifs is 2. The van der Waals surface area contributed by atoms with Crippen LogP contribution in [0.25, 0.3) is 11.0 Å². The third-order valence-electron chi connectivity index (χ3n) is 5.44. The van der Waals surface area contributed by atoms with E-state index < -0.39 is 0 Å². The van der Waals surface area contributed by atoms with Crippen molar-refractivity contribution in [1.82, 2.24) is 9.97 Å². The fourth-order valence-electron chi connectivity index (χ4n) is 3.26. The number of hydrogen-bond donors (Lipinski definition) is 0. The van der Waals surface area contributed by atoms with Gasteiger partial charge in [0.15, 0.2) is 0 Å².